The summed E-state index contributed by atoms with van der Waals surface area (Å²) < 4.78 is 7.58. The molecule has 0 aliphatic carbocycles. The van der Waals surface area contributed by atoms with Gasteiger partial charge in [-0.15, -0.1) is 16.4 Å². The van der Waals surface area contributed by atoms with Gasteiger partial charge in [-0.2, -0.15) is 5.10 Å². The van der Waals surface area contributed by atoms with Crippen LogP contribution in [0.4, 0.5) is 0 Å². The van der Waals surface area contributed by atoms with Crippen molar-refractivity contribution in [2.75, 3.05) is 20.2 Å². The standard InChI is InChI=1S/C16H17N5O2S/c1-23-14-6-10(8-19-20-14)13-7-12-15(24-13)16(22)21(9-18-12)11-2-4-17-5-3-11/h6-9,11,17H,2-5H2,1H3. The fraction of sp³-hybridized carbons (Fsp3) is 0.375. The third kappa shape index (κ3) is 2.67. The lowest BCUT2D eigenvalue weighted by atomic mass is 10.1. The van der Waals surface area contributed by atoms with Gasteiger partial charge >= 0.3 is 0 Å². The first kappa shape index (κ1) is 15.2. The van der Waals surface area contributed by atoms with Gasteiger partial charge in [0.2, 0.25) is 5.88 Å². The third-order valence-corrected chi connectivity index (χ3v) is 5.45. The summed E-state index contributed by atoms with van der Waals surface area (Å²) in [6.45, 7) is 1.88. The van der Waals surface area contributed by atoms with Gasteiger partial charge in [0.15, 0.2) is 0 Å². The fourth-order valence-electron chi connectivity index (χ4n) is 2.99. The summed E-state index contributed by atoms with van der Waals surface area (Å²) >= 11 is 1.44. The molecule has 0 atom stereocenters. The van der Waals surface area contributed by atoms with Crippen molar-refractivity contribution < 1.29 is 4.74 Å². The average molecular weight is 343 g/mol. The van der Waals surface area contributed by atoms with Crippen LogP contribution in [0.2, 0.25) is 0 Å². The second-order valence-electron chi connectivity index (χ2n) is 5.75. The first-order valence-electron chi connectivity index (χ1n) is 7.85. The number of hydrogen-bond donors (Lipinski definition) is 1. The lowest BCUT2D eigenvalue weighted by molar-refractivity contribution is 0.359. The molecule has 1 saturated heterocycles. The number of piperidine rings is 1. The molecular weight excluding hydrogens is 326 g/mol. The van der Waals surface area contributed by atoms with E-state index in [1.165, 1.54) is 11.3 Å². The molecule has 4 heterocycles. The smallest absolute Gasteiger partial charge is 0.271 e. The number of nitrogens with one attached hydrogen (secondary N) is 1. The van der Waals surface area contributed by atoms with Crippen LogP contribution in [0.15, 0.2) is 29.5 Å². The Hall–Kier alpha value is -2.32. The zero-order valence-electron chi connectivity index (χ0n) is 13.2. The fourth-order valence-corrected chi connectivity index (χ4v) is 4.02. The Morgan fingerprint density at radius 1 is 1.33 bits per heavy atom. The molecule has 1 aliphatic heterocycles. The van der Waals surface area contributed by atoms with E-state index >= 15 is 0 Å². The molecule has 0 unspecified atom stereocenters. The zero-order chi connectivity index (χ0) is 16.5. The Balaban J connectivity index is 1.77. The quantitative estimate of drug-likeness (QED) is 0.781. The molecule has 0 spiro atoms. The molecule has 1 fully saturated rings. The largest absolute Gasteiger partial charge is 0.480 e. The highest BCUT2D eigenvalue weighted by Crippen LogP contribution is 2.31. The van der Waals surface area contributed by atoms with E-state index in [1.54, 1.807) is 24.2 Å². The molecule has 0 aromatic carbocycles. The van der Waals surface area contributed by atoms with E-state index in [2.05, 4.69) is 20.5 Å². The number of rotatable bonds is 3. The van der Waals surface area contributed by atoms with Crippen LogP contribution < -0.4 is 15.6 Å². The van der Waals surface area contributed by atoms with Crippen molar-refractivity contribution >= 4 is 21.6 Å². The topological polar surface area (TPSA) is 81.9 Å². The first-order valence-corrected chi connectivity index (χ1v) is 8.66. The van der Waals surface area contributed by atoms with Crippen LogP contribution in [-0.2, 0) is 0 Å². The van der Waals surface area contributed by atoms with Gasteiger partial charge in [0.25, 0.3) is 5.56 Å². The normalized spacial score (nSPS) is 15.7. The van der Waals surface area contributed by atoms with E-state index in [-0.39, 0.29) is 11.6 Å². The molecule has 0 bridgehead atoms. The van der Waals surface area contributed by atoms with Gasteiger partial charge in [0.05, 0.1) is 25.2 Å². The second kappa shape index (κ2) is 6.29. The minimum atomic E-state index is 0.0390. The number of methoxy groups -OCH3 is 1. The van der Waals surface area contributed by atoms with Crippen LogP contribution in [0.25, 0.3) is 20.7 Å². The van der Waals surface area contributed by atoms with Crippen molar-refractivity contribution in [3.05, 3.63) is 35.0 Å². The van der Waals surface area contributed by atoms with Crippen LogP contribution in [0.5, 0.6) is 5.88 Å². The maximum Gasteiger partial charge on any atom is 0.271 e. The first-order chi connectivity index (χ1) is 11.8. The molecule has 8 heteroatoms. The van der Waals surface area contributed by atoms with Crippen molar-refractivity contribution in [3.63, 3.8) is 0 Å². The highest BCUT2D eigenvalue weighted by atomic mass is 32.1. The Labute approximate surface area is 142 Å². The number of ether oxygens (including phenoxy) is 1. The van der Waals surface area contributed by atoms with Crippen LogP contribution in [0.3, 0.4) is 0 Å². The minimum absolute atomic E-state index is 0.0390. The monoisotopic (exact) mass is 343 g/mol. The van der Waals surface area contributed by atoms with E-state index in [0.29, 0.717) is 10.6 Å². The van der Waals surface area contributed by atoms with Crippen LogP contribution in [0, 0.1) is 0 Å². The Kier molecular flexibility index (Phi) is 3.99. The average Bonchev–Trinajstić information content (AvgIpc) is 3.08. The SMILES string of the molecule is COc1cc(-c2cc3ncn(C4CCNCC4)c(=O)c3s2)cnn1. The summed E-state index contributed by atoms with van der Waals surface area (Å²) in [5.74, 6) is 0.449. The highest BCUT2D eigenvalue weighted by Gasteiger charge is 2.19. The lowest BCUT2D eigenvalue weighted by Crippen LogP contribution is -2.34. The van der Waals surface area contributed by atoms with Crippen molar-refractivity contribution in [1.29, 1.82) is 0 Å². The Morgan fingerprint density at radius 2 is 2.17 bits per heavy atom. The molecule has 1 aliphatic rings. The van der Waals surface area contributed by atoms with Gasteiger partial charge in [0, 0.05) is 22.5 Å². The van der Waals surface area contributed by atoms with Crippen LogP contribution >= 0.6 is 11.3 Å². The van der Waals surface area contributed by atoms with E-state index in [1.807, 2.05) is 12.1 Å². The van der Waals surface area contributed by atoms with Gasteiger partial charge in [-0.25, -0.2) is 4.98 Å². The van der Waals surface area contributed by atoms with Gasteiger partial charge in [0.1, 0.15) is 4.70 Å². The minimum Gasteiger partial charge on any atom is -0.480 e. The molecular formula is C16H17N5O2S. The number of nitrogens with zero attached hydrogens (tertiary/aromatic N) is 4. The maximum atomic E-state index is 12.9. The Morgan fingerprint density at radius 3 is 2.96 bits per heavy atom. The number of aromatic nitrogens is 4. The maximum absolute atomic E-state index is 12.9. The zero-order valence-corrected chi connectivity index (χ0v) is 14.0. The summed E-state index contributed by atoms with van der Waals surface area (Å²) in [6, 6.07) is 3.96. The van der Waals surface area contributed by atoms with Crippen molar-refractivity contribution in [2.45, 2.75) is 18.9 Å². The van der Waals surface area contributed by atoms with E-state index in [0.717, 1.165) is 41.9 Å². The second-order valence-corrected chi connectivity index (χ2v) is 6.80. The third-order valence-electron chi connectivity index (χ3n) is 4.29. The molecule has 0 saturated carbocycles. The van der Waals surface area contributed by atoms with Gasteiger partial charge in [-0.1, -0.05) is 0 Å². The predicted molar refractivity (Wildman–Crippen MR) is 92.6 cm³/mol. The number of fused-ring (bicyclic) bond motifs is 1. The predicted octanol–water partition coefficient (Wildman–Crippen LogP) is 1.85. The molecule has 1 N–H and O–H groups in total. The van der Waals surface area contributed by atoms with E-state index in [4.69, 9.17) is 4.74 Å². The van der Waals surface area contributed by atoms with Crippen molar-refractivity contribution in [2.24, 2.45) is 0 Å². The van der Waals surface area contributed by atoms with Crippen LogP contribution in [-0.4, -0.2) is 39.9 Å². The van der Waals surface area contributed by atoms with E-state index < -0.39 is 0 Å². The van der Waals surface area contributed by atoms with E-state index in [9.17, 15) is 4.79 Å². The molecule has 3 aromatic rings. The molecule has 3 aromatic heterocycles. The number of hydrogen-bond acceptors (Lipinski definition) is 7. The lowest BCUT2D eigenvalue weighted by Gasteiger charge is -2.24. The highest BCUT2D eigenvalue weighted by molar-refractivity contribution is 7.22. The molecule has 7 nitrogen and oxygen atoms in total. The summed E-state index contributed by atoms with van der Waals surface area (Å²) in [7, 11) is 1.55. The number of thiophene rings is 1. The van der Waals surface area contributed by atoms with Gasteiger partial charge in [-0.3, -0.25) is 9.36 Å². The van der Waals surface area contributed by atoms with Crippen molar-refractivity contribution in [1.82, 2.24) is 25.1 Å². The summed E-state index contributed by atoms with van der Waals surface area (Å²) in [5, 5.41) is 11.1. The van der Waals surface area contributed by atoms with Crippen molar-refractivity contribution in [3.8, 4) is 16.3 Å². The summed E-state index contributed by atoms with van der Waals surface area (Å²) in [6.07, 6.45) is 5.26. The molecule has 124 valence electrons. The Bertz CT molecular complexity index is 930. The molecule has 0 radical (unpaired) electrons. The van der Waals surface area contributed by atoms with Crippen LogP contribution in [0.1, 0.15) is 18.9 Å². The molecule has 0 amide bonds. The van der Waals surface area contributed by atoms with Gasteiger partial charge in [-0.05, 0) is 32.0 Å². The summed E-state index contributed by atoms with van der Waals surface area (Å²) in [5.41, 5.74) is 1.63. The summed E-state index contributed by atoms with van der Waals surface area (Å²) in [4.78, 5) is 18.3. The van der Waals surface area contributed by atoms with Gasteiger partial charge < -0.3 is 10.1 Å². The molecule has 24 heavy (non-hydrogen) atoms. The molecule has 4 rings (SSSR count).